The van der Waals surface area contributed by atoms with Gasteiger partial charge in [0.15, 0.2) is 0 Å². The van der Waals surface area contributed by atoms with E-state index in [9.17, 15) is 31.1 Å². The maximum atomic E-state index is 12.7. The van der Waals surface area contributed by atoms with Gasteiger partial charge < -0.3 is 9.32 Å². The highest BCUT2D eigenvalue weighted by Crippen LogP contribution is 2.32. The molecule has 0 unspecified atom stereocenters. The number of rotatable bonds is 6. The smallest absolute Gasteiger partial charge is 0.416 e. The molecule has 10 heteroatoms. The average molecular weight is 397 g/mol. The van der Waals surface area contributed by atoms with Crippen LogP contribution in [0.5, 0.6) is 0 Å². The molecule has 0 bridgehead atoms. The molecule has 0 saturated heterocycles. The van der Waals surface area contributed by atoms with E-state index in [1.807, 2.05) is 0 Å². The van der Waals surface area contributed by atoms with Crippen LogP contribution in [0.25, 0.3) is 0 Å². The zero-order valence-corrected chi connectivity index (χ0v) is 13.9. The molecule has 0 radical (unpaired) electrons. The number of halogens is 6. The summed E-state index contributed by atoms with van der Waals surface area (Å²) >= 11 is 0.737. The van der Waals surface area contributed by atoms with Gasteiger partial charge in [0, 0.05) is 4.90 Å². The Morgan fingerprint density at radius 3 is 2.38 bits per heavy atom. The fourth-order valence-electron chi connectivity index (χ4n) is 2.04. The van der Waals surface area contributed by atoms with Gasteiger partial charge in [0.25, 0.3) is 0 Å². The minimum Gasteiger partial charge on any atom is -0.467 e. The molecule has 1 aromatic heterocycles. The average Bonchev–Trinajstić information content (AvgIpc) is 3.03. The summed E-state index contributed by atoms with van der Waals surface area (Å²) in [6, 6.07) is 7.15. The van der Waals surface area contributed by atoms with Crippen LogP contribution in [-0.4, -0.2) is 29.3 Å². The van der Waals surface area contributed by atoms with Gasteiger partial charge >= 0.3 is 12.4 Å². The molecule has 1 amide bonds. The zero-order valence-electron chi connectivity index (χ0n) is 13.1. The first kappa shape index (κ1) is 20.2. The largest absolute Gasteiger partial charge is 0.467 e. The summed E-state index contributed by atoms with van der Waals surface area (Å²) in [5, 5.41) is 0. The number of hydrogen-bond donors (Lipinski definition) is 0. The van der Waals surface area contributed by atoms with Gasteiger partial charge in [-0.25, -0.2) is 0 Å². The summed E-state index contributed by atoms with van der Waals surface area (Å²) in [5.41, 5.74) is -0.891. The number of thioether (sulfide) groups is 1. The van der Waals surface area contributed by atoms with Crippen LogP contribution in [0.15, 0.2) is 52.0 Å². The maximum absolute atomic E-state index is 12.7. The monoisotopic (exact) mass is 397 g/mol. The maximum Gasteiger partial charge on any atom is 0.416 e. The van der Waals surface area contributed by atoms with Crippen molar-refractivity contribution in [1.29, 1.82) is 0 Å². The summed E-state index contributed by atoms with van der Waals surface area (Å²) < 4.78 is 81.0. The number of benzene rings is 1. The van der Waals surface area contributed by atoms with Crippen LogP contribution in [-0.2, 0) is 17.5 Å². The Balaban J connectivity index is 2.04. The van der Waals surface area contributed by atoms with Crippen LogP contribution in [0.1, 0.15) is 11.3 Å². The summed E-state index contributed by atoms with van der Waals surface area (Å²) in [6.45, 7) is -1.86. The molecule has 0 aliphatic rings. The number of hydrogen-bond acceptors (Lipinski definition) is 3. The summed E-state index contributed by atoms with van der Waals surface area (Å²) in [4.78, 5) is 12.8. The van der Waals surface area contributed by atoms with Crippen LogP contribution in [0.3, 0.4) is 0 Å². The second kappa shape index (κ2) is 8.07. The molecule has 0 atom stereocenters. The fraction of sp³-hybridized carbons (Fsp3) is 0.312. The quantitative estimate of drug-likeness (QED) is 0.509. The van der Waals surface area contributed by atoms with Gasteiger partial charge in [0.1, 0.15) is 12.3 Å². The molecule has 2 rings (SSSR count). The van der Waals surface area contributed by atoms with Crippen molar-refractivity contribution in [3.63, 3.8) is 0 Å². The molecule has 142 valence electrons. The van der Waals surface area contributed by atoms with Crippen molar-refractivity contribution in [2.75, 3.05) is 12.3 Å². The van der Waals surface area contributed by atoms with E-state index in [1.165, 1.54) is 30.5 Å². The van der Waals surface area contributed by atoms with E-state index in [0.29, 0.717) is 4.90 Å². The second-order valence-corrected chi connectivity index (χ2v) is 6.31. The lowest BCUT2D eigenvalue weighted by atomic mass is 10.2. The van der Waals surface area contributed by atoms with Gasteiger partial charge in [-0.2, -0.15) is 26.3 Å². The highest BCUT2D eigenvalue weighted by Gasteiger charge is 2.33. The topological polar surface area (TPSA) is 33.5 Å². The first-order valence-electron chi connectivity index (χ1n) is 7.21. The van der Waals surface area contributed by atoms with Gasteiger partial charge in [0.05, 0.1) is 24.1 Å². The standard InChI is InChI=1S/C16H13F6NO2S/c17-15(18,19)10-23(8-12-4-2-6-25-12)14(24)9-26-13-5-1-3-11(7-13)16(20,21)22/h1-7H,8-10H2. The van der Waals surface area contributed by atoms with Crippen LogP contribution < -0.4 is 0 Å². The molecule has 2 aromatic rings. The first-order chi connectivity index (χ1) is 12.0. The highest BCUT2D eigenvalue weighted by molar-refractivity contribution is 8.00. The lowest BCUT2D eigenvalue weighted by Gasteiger charge is -2.23. The normalized spacial score (nSPS) is 12.2. The molecule has 0 saturated carbocycles. The van der Waals surface area contributed by atoms with Gasteiger partial charge in [-0.1, -0.05) is 6.07 Å². The minimum absolute atomic E-state index is 0.137. The van der Waals surface area contributed by atoms with Crippen molar-refractivity contribution < 1.29 is 35.6 Å². The number of furan rings is 1. The first-order valence-corrected chi connectivity index (χ1v) is 8.20. The van der Waals surface area contributed by atoms with E-state index in [4.69, 9.17) is 4.42 Å². The second-order valence-electron chi connectivity index (χ2n) is 5.26. The van der Waals surface area contributed by atoms with E-state index in [-0.39, 0.29) is 17.2 Å². The van der Waals surface area contributed by atoms with E-state index < -0.39 is 36.1 Å². The molecule has 1 aromatic carbocycles. The molecule has 3 nitrogen and oxygen atoms in total. The molecule has 0 N–H and O–H groups in total. The van der Waals surface area contributed by atoms with Crippen LogP contribution in [0.2, 0.25) is 0 Å². The number of amides is 1. The Labute approximate surface area is 149 Å². The molecule has 26 heavy (non-hydrogen) atoms. The van der Waals surface area contributed by atoms with Crippen LogP contribution >= 0.6 is 11.8 Å². The summed E-state index contributed by atoms with van der Waals surface area (Å²) in [7, 11) is 0. The van der Waals surface area contributed by atoms with E-state index in [0.717, 1.165) is 23.9 Å². The van der Waals surface area contributed by atoms with Gasteiger partial charge in [-0.15, -0.1) is 11.8 Å². The molecular formula is C16H13F6NO2S. The minimum atomic E-state index is -4.61. The van der Waals surface area contributed by atoms with Gasteiger partial charge in [-0.3, -0.25) is 4.79 Å². The molecule has 0 aliphatic heterocycles. The van der Waals surface area contributed by atoms with Crippen molar-refractivity contribution in [3.05, 3.63) is 54.0 Å². The molecule has 0 aliphatic carbocycles. The lowest BCUT2D eigenvalue weighted by molar-refractivity contribution is -0.161. The third-order valence-electron chi connectivity index (χ3n) is 3.17. The van der Waals surface area contributed by atoms with Crippen molar-refractivity contribution in [2.24, 2.45) is 0 Å². The van der Waals surface area contributed by atoms with Crippen molar-refractivity contribution in [3.8, 4) is 0 Å². The Hall–Kier alpha value is -2.10. The van der Waals surface area contributed by atoms with E-state index >= 15 is 0 Å². The Morgan fingerprint density at radius 1 is 1.08 bits per heavy atom. The van der Waals surface area contributed by atoms with Crippen molar-refractivity contribution in [1.82, 2.24) is 4.90 Å². The Bertz CT molecular complexity index is 727. The third-order valence-corrected chi connectivity index (χ3v) is 4.15. The van der Waals surface area contributed by atoms with Gasteiger partial charge in [0.2, 0.25) is 5.91 Å². The molecular weight excluding hydrogens is 384 g/mol. The van der Waals surface area contributed by atoms with E-state index in [2.05, 4.69) is 0 Å². The lowest BCUT2D eigenvalue weighted by Crippen LogP contribution is -2.39. The SMILES string of the molecule is O=C(CSc1cccc(C(F)(F)F)c1)N(Cc1ccco1)CC(F)(F)F. The Kier molecular flexibility index (Phi) is 6.27. The van der Waals surface area contributed by atoms with Crippen LogP contribution in [0.4, 0.5) is 26.3 Å². The molecule has 0 spiro atoms. The van der Waals surface area contributed by atoms with E-state index in [1.54, 1.807) is 0 Å². The fourth-order valence-corrected chi connectivity index (χ4v) is 2.90. The number of carbonyl (C=O) groups excluding carboxylic acids is 1. The summed E-state index contributed by atoms with van der Waals surface area (Å²) in [5.74, 6) is -1.12. The molecule has 1 heterocycles. The zero-order chi connectivity index (χ0) is 19.4. The molecule has 0 fully saturated rings. The van der Waals surface area contributed by atoms with Crippen molar-refractivity contribution >= 4 is 17.7 Å². The van der Waals surface area contributed by atoms with Crippen LogP contribution in [0, 0.1) is 0 Å². The highest BCUT2D eigenvalue weighted by atomic mass is 32.2. The van der Waals surface area contributed by atoms with Gasteiger partial charge in [-0.05, 0) is 30.3 Å². The third kappa shape index (κ3) is 6.32. The predicted molar refractivity (Wildman–Crippen MR) is 82.3 cm³/mol. The Morgan fingerprint density at radius 2 is 1.81 bits per heavy atom. The summed E-state index contributed by atoms with van der Waals surface area (Å²) in [6.07, 6.45) is -7.88. The number of carbonyl (C=O) groups is 1. The number of alkyl halides is 6. The predicted octanol–water partition coefficient (Wildman–Crippen LogP) is 4.98. The number of nitrogens with zero attached hydrogens (tertiary/aromatic N) is 1. The van der Waals surface area contributed by atoms with Crippen molar-refractivity contribution in [2.45, 2.75) is 23.8 Å².